The van der Waals surface area contributed by atoms with E-state index in [9.17, 15) is 0 Å². The van der Waals surface area contributed by atoms with Crippen LogP contribution in [0.15, 0.2) is 0 Å². The number of hydrogen-bond donors (Lipinski definition) is 2. The molecule has 0 aromatic rings. The Kier molecular flexibility index (Phi) is 21.2. The van der Waals surface area contributed by atoms with E-state index in [1.165, 1.54) is 116 Å². The van der Waals surface area contributed by atoms with Gasteiger partial charge in [-0.1, -0.05) is 117 Å². The summed E-state index contributed by atoms with van der Waals surface area (Å²) >= 11 is 0. The fourth-order valence-electron chi connectivity index (χ4n) is 4.15. The van der Waals surface area contributed by atoms with Crippen molar-refractivity contribution in [3.05, 3.63) is 0 Å². The van der Waals surface area contributed by atoms with E-state index in [0.29, 0.717) is 0 Å². The molecule has 26 heavy (non-hydrogen) atoms. The molecule has 0 saturated heterocycles. The van der Waals surface area contributed by atoms with Crippen molar-refractivity contribution < 1.29 is 0 Å². The van der Waals surface area contributed by atoms with Crippen molar-refractivity contribution in [2.45, 2.75) is 129 Å². The molecule has 2 unspecified atom stereocenters. The fourth-order valence-corrected chi connectivity index (χ4v) is 4.15. The molecule has 0 aliphatic heterocycles. The van der Waals surface area contributed by atoms with Crippen molar-refractivity contribution in [3.8, 4) is 0 Å². The summed E-state index contributed by atoms with van der Waals surface area (Å²) in [5.74, 6) is 1.95. The van der Waals surface area contributed by atoms with E-state index in [4.69, 9.17) is 11.5 Å². The largest absolute Gasteiger partial charge is 0.330 e. The van der Waals surface area contributed by atoms with Gasteiger partial charge in [-0.05, 0) is 37.8 Å². The summed E-state index contributed by atoms with van der Waals surface area (Å²) in [6.45, 7) is 6.53. The quantitative estimate of drug-likeness (QED) is 0.210. The molecule has 0 fully saturated rings. The Hall–Kier alpha value is -0.0800. The van der Waals surface area contributed by atoms with Crippen LogP contribution in [0.1, 0.15) is 129 Å². The summed E-state index contributed by atoms with van der Waals surface area (Å²) in [5.41, 5.74) is 11.1. The van der Waals surface area contributed by atoms with E-state index in [2.05, 4.69) is 13.8 Å². The van der Waals surface area contributed by atoms with Crippen LogP contribution in [-0.4, -0.2) is 13.1 Å². The van der Waals surface area contributed by atoms with Crippen molar-refractivity contribution in [1.82, 2.24) is 0 Å². The first-order valence-electron chi connectivity index (χ1n) is 12.2. The Morgan fingerprint density at radius 3 is 1.04 bits per heavy atom. The van der Waals surface area contributed by atoms with Crippen molar-refractivity contribution in [2.75, 3.05) is 13.1 Å². The van der Waals surface area contributed by atoms with Gasteiger partial charge in [-0.3, -0.25) is 0 Å². The van der Waals surface area contributed by atoms with Crippen LogP contribution in [-0.2, 0) is 0 Å². The molecule has 0 aliphatic rings. The average Bonchev–Trinajstić information content (AvgIpc) is 2.67. The molecule has 4 N–H and O–H groups in total. The third-order valence-corrected chi connectivity index (χ3v) is 6.27. The Bertz CT molecular complexity index is 229. The van der Waals surface area contributed by atoms with Gasteiger partial charge in [0.15, 0.2) is 0 Å². The second kappa shape index (κ2) is 21.2. The monoisotopic (exact) mass is 368 g/mol. The molecule has 158 valence electrons. The van der Waals surface area contributed by atoms with E-state index in [0.717, 1.165) is 24.9 Å². The molecule has 0 spiro atoms. The molecule has 2 nitrogen and oxygen atoms in total. The normalized spacial score (nSPS) is 13.8. The summed E-state index contributed by atoms with van der Waals surface area (Å²) < 4.78 is 0. The van der Waals surface area contributed by atoms with Crippen molar-refractivity contribution >= 4 is 0 Å². The third kappa shape index (κ3) is 17.3. The third-order valence-electron chi connectivity index (χ3n) is 6.27. The van der Waals surface area contributed by atoms with Crippen LogP contribution in [0.2, 0.25) is 0 Å². The molecule has 0 rings (SSSR count). The van der Waals surface area contributed by atoms with Gasteiger partial charge in [-0.2, -0.15) is 0 Å². The van der Waals surface area contributed by atoms with Crippen LogP contribution >= 0.6 is 0 Å². The topological polar surface area (TPSA) is 52.0 Å². The Labute approximate surface area is 166 Å². The maximum Gasteiger partial charge on any atom is -0.00773 e. The molecule has 0 aliphatic carbocycles. The lowest BCUT2D eigenvalue weighted by Gasteiger charge is -2.20. The summed E-state index contributed by atoms with van der Waals surface area (Å²) in [7, 11) is 0. The predicted octanol–water partition coefficient (Wildman–Crippen LogP) is 7.20. The lowest BCUT2D eigenvalue weighted by atomic mass is 9.86. The van der Waals surface area contributed by atoms with Gasteiger partial charge >= 0.3 is 0 Å². The molecule has 0 saturated carbocycles. The zero-order chi connectivity index (χ0) is 19.3. The van der Waals surface area contributed by atoms with Gasteiger partial charge in [-0.15, -0.1) is 0 Å². The Morgan fingerprint density at radius 1 is 0.423 bits per heavy atom. The van der Waals surface area contributed by atoms with Gasteiger partial charge in [0.05, 0.1) is 0 Å². The molecule has 0 heterocycles. The van der Waals surface area contributed by atoms with Crippen LogP contribution in [0.5, 0.6) is 0 Å². The summed E-state index contributed by atoms with van der Waals surface area (Å²) in [6.07, 6.45) is 25.1. The fraction of sp³-hybridized carbons (Fsp3) is 1.00. The summed E-state index contributed by atoms with van der Waals surface area (Å²) in [5, 5.41) is 0. The highest BCUT2D eigenvalue weighted by atomic mass is 14.5. The maximum atomic E-state index is 5.55. The van der Waals surface area contributed by atoms with Crippen LogP contribution < -0.4 is 11.5 Å². The minimum Gasteiger partial charge on any atom is -0.330 e. The maximum absolute atomic E-state index is 5.55. The van der Waals surface area contributed by atoms with Gasteiger partial charge in [0.25, 0.3) is 0 Å². The van der Waals surface area contributed by atoms with Crippen LogP contribution in [0.25, 0.3) is 0 Å². The smallest absolute Gasteiger partial charge is 0.00773 e. The van der Waals surface area contributed by atoms with Gasteiger partial charge in [0, 0.05) is 0 Å². The molecule has 0 aromatic carbocycles. The minimum atomic E-state index is 0.866. The number of nitrogens with two attached hydrogens (primary N) is 2. The first-order valence-corrected chi connectivity index (χ1v) is 12.2. The predicted molar refractivity (Wildman–Crippen MR) is 120 cm³/mol. The van der Waals surface area contributed by atoms with Crippen LogP contribution in [0.3, 0.4) is 0 Å². The van der Waals surface area contributed by atoms with Gasteiger partial charge in [0.2, 0.25) is 0 Å². The highest BCUT2D eigenvalue weighted by molar-refractivity contribution is 4.64. The van der Waals surface area contributed by atoms with Gasteiger partial charge in [0.1, 0.15) is 0 Å². The van der Waals surface area contributed by atoms with Crippen LogP contribution in [0.4, 0.5) is 0 Å². The molecule has 0 bridgehead atoms. The second-order valence-electron chi connectivity index (χ2n) is 8.52. The molecule has 2 heteroatoms. The Morgan fingerprint density at radius 2 is 0.731 bits per heavy atom. The highest BCUT2D eigenvalue weighted by Gasteiger charge is 2.11. The van der Waals surface area contributed by atoms with E-state index < -0.39 is 0 Å². The zero-order valence-electron chi connectivity index (χ0n) is 18.5. The lowest BCUT2D eigenvalue weighted by molar-refractivity contribution is 0.333. The summed E-state index contributed by atoms with van der Waals surface area (Å²) in [4.78, 5) is 0. The van der Waals surface area contributed by atoms with Gasteiger partial charge < -0.3 is 11.5 Å². The zero-order valence-corrected chi connectivity index (χ0v) is 18.5. The molecular formula is C24H52N2. The van der Waals surface area contributed by atoms with Crippen molar-refractivity contribution in [2.24, 2.45) is 23.3 Å². The van der Waals surface area contributed by atoms with Crippen molar-refractivity contribution in [3.63, 3.8) is 0 Å². The first kappa shape index (κ1) is 25.9. The molecule has 2 atom stereocenters. The lowest BCUT2D eigenvalue weighted by Crippen LogP contribution is -2.05. The molecule has 0 amide bonds. The highest BCUT2D eigenvalue weighted by Crippen LogP contribution is 2.26. The SMILES string of the molecule is CCC(CCCCCCCCN)CCC(CC)CCCCCCCCN. The van der Waals surface area contributed by atoms with E-state index in [-0.39, 0.29) is 0 Å². The molecular weight excluding hydrogens is 316 g/mol. The minimum absolute atomic E-state index is 0.866. The van der Waals surface area contributed by atoms with E-state index in [1.807, 2.05) is 0 Å². The van der Waals surface area contributed by atoms with E-state index in [1.54, 1.807) is 0 Å². The number of unbranched alkanes of at least 4 members (excludes halogenated alkanes) is 10. The van der Waals surface area contributed by atoms with Crippen molar-refractivity contribution in [1.29, 1.82) is 0 Å². The first-order chi connectivity index (χ1) is 12.8. The van der Waals surface area contributed by atoms with Crippen LogP contribution in [0, 0.1) is 11.8 Å². The molecule has 0 aromatic heterocycles. The number of rotatable bonds is 21. The average molecular weight is 369 g/mol. The Balaban J connectivity index is 3.63. The van der Waals surface area contributed by atoms with Gasteiger partial charge in [-0.25, -0.2) is 0 Å². The second-order valence-corrected chi connectivity index (χ2v) is 8.52. The standard InChI is InChI=1S/C24H52N2/c1-3-23(17-13-9-5-7-11-15-21-25)19-20-24(4-2)18-14-10-6-8-12-16-22-26/h23-24H,3-22,25-26H2,1-2H3. The number of hydrogen-bond acceptors (Lipinski definition) is 2. The van der Waals surface area contributed by atoms with E-state index >= 15 is 0 Å². The summed E-state index contributed by atoms with van der Waals surface area (Å²) in [6, 6.07) is 0. The molecule has 0 radical (unpaired) electrons.